The van der Waals surface area contributed by atoms with E-state index in [4.69, 9.17) is 5.73 Å². The van der Waals surface area contributed by atoms with Crippen LogP contribution in [0.3, 0.4) is 0 Å². The summed E-state index contributed by atoms with van der Waals surface area (Å²) in [6.07, 6.45) is 5.91. The number of nitrogens with one attached hydrogen (secondary N) is 2. The molecule has 1 amide bonds. The van der Waals surface area contributed by atoms with Gasteiger partial charge < -0.3 is 21.5 Å². The zero-order valence-corrected chi connectivity index (χ0v) is 17.3. The molecule has 2 aromatic heterocycles. The molecule has 8 heteroatoms. The third-order valence-electron chi connectivity index (χ3n) is 5.31. The number of carbonyl (C=O) groups is 1. The van der Waals surface area contributed by atoms with Gasteiger partial charge in [-0.3, -0.25) is 9.78 Å². The van der Waals surface area contributed by atoms with Crippen molar-refractivity contribution in [3.05, 3.63) is 71.0 Å². The second kappa shape index (κ2) is 9.34. The fraction of sp³-hybridized carbons (Fsp3) is 0.318. The molecule has 3 unspecified atom stereocenters. The van der Waals surface area contributed by atoms with E-state index in [1.165, 1.54) is 16.9 Å². The number of carbonyl (C=O) groups excluding carboxylic acids is 1. The minimum Gasteiger partial charge on any atom is -0.387 e. The third kappa shape index (κ3) is 5.21. The summed E-state index contributed by atoms with van der Waals surface area (Å²) in [7, 11) is 0. The Balaban J connectivity index is 1.27. The molecule has 1 aromatic carbocycles. The molecule has 0 spiro atoms. The monoisotopic (exact) mass is 423 g/mol. The van der Waals surface area contributed by atoms with E-state index in [0.29, 0.717) is 16.9 Å². The number of benzene rings is 1. The fourth-order valence-electron chi connectivity index (χ4n) is 3.83. The number of anilines is 2. The van der Waals surface area contributed by atoms with Crippen molar-refractivity contribution < 1.29 is 9.90 Å². The van der Waals surface area contributed by atoms with Gasteiger partial charge in [0.15, 0.2) is 5.13 Å². The summed E-state index contributed by atoms with van der Waals surface area (Å²) < 4.78 is 0. The molecule has 7 nitrogen and oxygen atoms in total. The van der Waals surface area contributed by atoms with E-state index in [-0.39, 0.29) is 18.4 Å². The van der Waals surface area contributed by atoms with Gasteiger partial charge in [-0.25, -0.2) is 4.98 Å². The Morgan fingerprint density at radius 2 is 2.13 bits per heavy atom. The smallest absolute Gasteiger partial charge is 0.230 e. The van der Waals surface area contributed by atoms with Crippen LogP contribution in [0.5, 0.6) is 0 Å². The van der Waals surface area contributed by atoms with Crippen LogP contribution in [0.25, 0.3) is 0 Å². The highest BCUT2D eigenvalue weighted by Crippen LogP contribution is 2.26. The van der Waals surface area contributed by atoms with E-state index in [1.807, 2.05) is 36.4 Å². The van der Waals surface area contributed by atoms with E-state index in [2.05, 4.69) is 20.6 Å². The Morgan fingerprint density at radius 1 is 1.30 bits per heavy atom. The molecule has 1 saturated heterocycles. The first-order valence-corrected chi connectivity index (χ1v) is 10.9. The number of nitrogens with zero attached hydrogens (tertiary/aromatic N) is 2. The summed E-state index contributed by atoms with van der Waals surface area (Å²) in [5.41, 5.74) is 9.07. The van der Waals surface area contributed by atoms with Crippen LogP contribution in [0.15, 0.2) is 54.2 Å². The molecule has 0 bridgehead atoms. The first kappa shape index (κ1) is 20.5. The standard InChI is InChI=1S/C22H25N5O2S/c23-22-27-18(13-30-22)11-20(28)26-16-5-3-14(4-6-16)10-17-7-8-19(25-17)21(29)15-2-1-9-24-12-15/h1-6,9,12-13,17,19,21,25,29H,7-8,10-11H2,(H2,23,27)(H,26,28). The normalized spacial score (nSPS) is 19.5. The van der Waals surface area contributed by atoms with Crippen LogP contribution in [0, 0.1) is 0 Å². The molecule has 3 heterocycles. The quantitative estimate of drug-likeness (QED) is 0.465. The van der Waals surface area contributed by atoms with Crippen molar-refractivity contribution in [2.24, 2.45) is 0 Å². The number of aliphatic hydroxyl groups excluding tert-OH is 1. The predicted octanol–water partition coefficient (Wildman–Crippen LogP) is 2.70. The number of rotatable bonds is 7. The largest absolute Gasteiger partial charge is 0.387 e. The number of hydrogen-bond acceptors (Lipinski definition) is 7. The summed E-state index contributed by atoms with van der Waals surface area (Å²) >= 11 is 1.33. The maximum atomic E-state index is 12.1. The Bertz CT molecular complexity index is 977. The van der Waals surface area contributed by atoms with Crippen LogP contribution in [-0.4, -0.2) is 33.1 Å². The minimum atomic E-state index is -0.547. The molecule has 1 aliphatic heterocycles. The average Bonchev–Trinajstić information content (AvgIpc) is 3.38. The zero-order chi connectivity index (χ0) is 20.9. The number of aromatic nitrogens is 2. The molecular weight excluding hydrogens is 398 g/mol. The molecule has 0 saturated carbocycles. The van der Waals surface area contributed by atoms with Crippen LogP contribution in [0.4, 0.5) is 10.8 Å². The summed E-state index contributed by atoms with van der Waals surface area (Å²) in [6.45, 7) is 0. The fourth-order valence-corrected chi connectivity index (χ4v) is 4.39. The number of pyridine rings is 1. The lowest BCUT2D eigenvalue weighted by atomic mass is 10.0. The first-order chi connectivity index (χ1) is 14.6. The van der Waals surface area contributed by atoms with Gasteiger partial charge in [-0.15, -0.1) is 11.3 Å². The molecular formula is C22H25N5O2S. The molecule has 3 atom stereocenters. The lowest BCUT2D eigenvalue weighted by molar-refractivity contribution is -0.115. The van der Waals surface area contributed by atoms with E-state index >= 15 is 0 Å². The van der Waals surface area contributed by atoms with E-state index in [1.54, 1.807) is 17.8 Å². The van der Waals surface area contributed by atoms with Gasteiger partial charge in [0.2, 0.25) is 5.91 Å². The van der Waals surface area contributed by atoms with E-state index < -0.39 is 6.10 Å². The Morgan fingerprint density at radius 3 is 2.83 bits per heavy atom. The molecule has 30 heavy (non-hydrogen) atoms. The minimum absolute atomic E-state index is 0.0394. The number of hydrogen-bond donors (Lipinski definition) is 4. The van der Waals surface area contributed by atoms with E-state index in [0.717, 1.165) is 30.5 Å². The Labute approximate surface area is 179 Å². The van der Waals surface area contributed by atoms with Crippen molar-refractivity contribution in [1.29, 1.82) is 0 Å². The summed E-state index contributed by atoms with van der Waals surface area (Å²) in [5, 5.41) is 19.3. The lowest BCUT2D eigenvalue weighted by Crippen LogP contribution is -2.35. The van der Waals surface area contributed by atoms with Crippen molar-refractivity contribution in [3.63, 3.8) is 0 Å². The van der Waals surface area contributed by atoms with Gasteiger partial charge in [-0.1, -0.05) is 18.2 Å². The number of amides is 1. The highest BCUT2D eigenvalue weighted by molar-refractivity contribution is 7.13. The average molecular weight is 424 g/mol. The van der Waals surface area contributed by atoms with Gasteiger partial charge in [0, 0.05) is 41.1 Å². The van der Waals surface area contributed by atoms with E-state index in [9.17, 15) is 9.90 Å². The second-order valence-corrected chi connectivity index (χ2v) is 8.47. The maximum Gasteiger partial charge on any atom is 0.230 e. The molecule has 5 N–H and O–H groups in total. The van der Waals surface area contributed by atoms with Crippen molar-refractivity contribution in [2.45, 2.75) is 43.9 Å². The van der Waals surface area contributed by atoms with Crippen molar-refractivity contribution in [1.82, 2.24) is 15.3 Å². The molecule has 156 valence electrons. The maximum absolute atomic E-state index is 12.1. The second-order valence-electron chi connectivity index (χ2n) is 7.58. The van der Waals surface area contributed by atoms with Crippen molar-refractivity contribution in [3.8, 4) is 0 Å². The van der Waals surface area contributed by atoms with Gasteiger partial charge in [0.1, 0.15) is 0 Å². The molecule has 0 aliphatic carbocycles. The van der Waals surface area contributed by atoms with Gasteiger partial charge in [0.05, 0.1) is 18.2 Å². The number of aliphatic hydroxyl groups is 1. The lowest BCUT2D eigenvalue weighted by Gasteiger charge is -2.20. The number of nitrogens with two attached hydrogens (primary N) is 1. The predicted molar refractivity (Wildman–Crippen MR) is 118 cm³/mol. The summed E-state index contributed by atoms with van der Waals surface area (Å²) in [4.78, 5) is 20.3. The van der Waals surface area contributed by atoms with Gasteiger partial charge in [-0.2, -0.15) is 0 Å². The van der Waals surface area contributed by atoms with Gasteiger partial charge in [0.25, 0.3) is 0 Å². The molecule has 1 fully saturated rings. The highest BCUT2D eigenvalue weighted by atomic mass is 32.1. The van der Waals surface area contributed by atoms with Gasteiger partial charge >= 0.3 is 0 Å². The Kier molecular flexibility index (Phi) is 6.37. The number of nitrogen functional groups attached to an aromatic ring is 1. The molecule has 0 radical (unpaired) electrons. The number of thiazole rings is 1. The highest BCUT2D eigenvalue weighted by Gasteiger charge is 2.30. The topological polar surface area (TPSA) is 113 Å². The third-order valence-corrected chi connectivity index (χ3v) is 6.04. The van der Waals surface area contributed by atoms with Crippen molar-refractivity contribution >= 4 is 28.1 Å². The summed E-state index contributed by atoms with van der Waals surface area (Å²) in [5.74, 6) is -0.113. The first-order valence-electron chi connectivity index (χ1n) is 9.99. The molecule has 3 aromatic rings. The summed E-state index contributed by atoms with van der Waals surface area (Å²) in [6, 6.07) is 12.0. The zero-order valence-electron chi connectivity index (χ0n) is 16.5. The molecule has 4 rings (SSSR count). The molecule has 1 aliphatic rings. The van der Waals surface area contributed by atoms with Crippen LogP contribution in [0.1, 0.15) is 35.8 Å². The SMILES string of the molecule is Nc1nc(CC(=O)Nc2ccc(CC3CCC(C(O)c4cccnc4)N3)cc2)cs1. The van der Waals surface area contributed by atoms with Crippen molar-refractivity contribution in [2.75, 3.05) is 11.1 Å². The van der Waals surface area contributed by atoms with Crippen LogP contribution >= 0.6 is 11.3 Å². The Hall–Kier alpha value is -2.81. The van der Waals surface area contributed by atoms with Crippen LogP contribution < -0.4 is 16.4 Å². The van der Waals surface area contributed by atoms with Crippen LogP contribution in [-0.2, 0) is 17.6 Å². The van der Waals surface area contributed by atoms with Crippen LogP contribution in [0.2, 0.25) is 0 Å². The van der Waals surface area contributed by atoms with Gasteiger partial charge in [-0.05, 0) is 43.0 Å².